The molecule has 0 aromatic heterocycles. The van der Waals surface area contributed by atoms with Gasteiger partial charge in [0.1, 0.15) is 11.9 Å². The van der Waals surface area contributed by atoms with Crippen molar-refractivity contribution in [3.8, 4) is 0 Å². The molecule has 2 N–H and O–H groups in total. The lowest BCUT2D eigenvalue weighted by atomic mass is 10.0. The van der Waals surface area contributed by atoms with E-state index in [0.717, 1.165) is 24.0 Å². The number of rotatable bonds is 14. The fraction of sp³-hybridized carbons (Fsp3) is 0.257. The Morgan fingerprint density at radius 1 is 0.773 bits per heavy atom. The monoisotopic (exact) mass is 613 g/mol. The van der Waals surface area contributed by atoms with Gasteiger partial charge in [-0.2, -0.15) is 0 Å². The van der Waals surface area contributed by atoms with Gasteiger partial charge in [0.05, 0.1) is 4.90 Å². The maximum atomic E-state index is 13.9. The summed E-state index contributed by atoms with van der Waals surface area (Å²) in [6, 6.07) is 30.5. The molecule has 0 radical (unpaired) electrons. The highest BCUT2D eigenvalue weighted by atomic mass is 32.2. The third-order valence-corrected chi connectivity index (χ3v) is 9.11. The number of halogens is 1. The highest BCUT2D eigenvalue weighted by molar-refractivity contribution is 7.89. The number of aryl methyl sites for hydroxylation is 1. The Labute approximate surface area is 258 Å². The maximum absolute atomic E-state index is 13.9. The van der Waals surface area contributed by atoms with Crippen LogP contribution in [0.1, 0.15) is 47.6 Å². The molecule has 1 fully saturated rings. The topological polar surface area (TPSA) is 95.6 Å². The van der Waals surface area contributed by atoms with Gasteiger partial charge in [-0.3, -0.25) is 9.59 Å². The summed E-state index contributed by atoms with van der Waals surface area (Å²) in [6.07, 6.45) is 2.79. The molecule has 44 heavy (non-hydrogen) atoms. The van der Waals surface area contributed by atoms with E-state index in [1.54, 1.807) is 41.3 Å². The summed E-state index contributed by atoms with van der Waals surface area (Å²) in [5, 5.41) is 3.02. The molecule has 7 nitrogen and oxygen atoms in total. The van der Waals surface area contributed by atoms with Crippen LogP contribution in [0, 0.1) is 5.82 Å². The molecule has 0 saturated heterocycles. The molecular formula is C35H36FN3O4S. The number of carbonyl (C=O) groups excluding carboxylic acids is 2. The number of nitrogens with one attached hydrogen (secondary N) is 2. The van der Waals surface area contributed by atoms with Crippen molar-refractivity contribution in [1.82, 2.24) is 14.9 Å². The Morgan fingerprint density at radius 2 is 1.36 bits per heavy atom. The molecule has 1 aliphatic rings. The first-order valence-corrected chi connectivity index (χ1v) is 16.3. The van der Waals surface area contributed by atoms with Crippen LogP contribution in [0.4, 0.5) is 4.39 Å². The number of amides is 2. The molecule has 2 amide bonds. The van der Waals surface area contributed by atoms with Crippen molar-refractivity contribution >= 4 is 21.8 Å². The normalized spacial score (nSPS) is 13.7. The van der Waals surface area contributed by atoms with Crippen LogP contribution in [0.3, 0.4) is 0 Å². The number of hydrogen-bond acceptors (Lipinski definition) is 4. The molecule has 0 heterocycles. The molecule has 4 aromatic carbocycles. The van der Waals surface area contributed by atoms with Crippen molar-refractivity contribution in [2.24, 2.45) is 0 Å². The highest BCUT2D eigenvalue weighted by Crippen LogP contribution is 2.26. The van der Waals surface area contributed by atoms with Gasteiger partial charge in [-0.05, 0) is 72.2 Å². The Kier molecular flexibility index (Phi) is 10.2. The van der Waals surface area contributed by atoms with E-state index in [2.05, 4.69) is 10.0 Å². The van der Waals surface area contributed by atoms with Crippen LogP contribution >= 0.6 is 0 Å². The highest BCUT2D eigenvalue weighted by Gasteiger charge is 2.31. The Balaban J connectivity index is 1.34. The third-order valence-electron chi connectivity index (χ3n) is 7.58. The van der Waals surface area contributed by atoms with Gasteiger partial charge in [-0.1, -0.05) is 84.9 Å². The van der Waals surface area contributed by atoms with Gasteiger partial charge in [0.15, 0.2) is 0 Å². The molecule has 5 rings (SSSR count). The molecule has 9 heteroatoms. The SMILES string of the molecule is O=C(NCCc1ccccc1)[C@H](c1ccccc1)N(Cc1ccc(F)cc1)C(=O)CCc1ccc(S(=O)(=O)NC2CC2)cc1. The first kappa shape index (κ1) is 31.1. The van der Waals surface area contributed by atoms with Crippen molar-refractivity contribution in [2.75, 3.05) is 6.54 Å². The van der Waals surface area contributed by atoms with E-state index in [0.29, 0.717) is 30.5 Å². The molecule has 0 unspecified atom stereocenters. The van der Waals surface area contributed by atoms with Crippen molar-refractivity contribution < 1.29 is 22.4 Å². The van der Waals surface area contributed by atoms with Crippen LogP contribution in [0.25, 0.3) is 0 Å². The summed E-state index contributed by atoms with van der Waals surface area (Å²) in [7, 11) is -3.57. The van der Waals surface area contributed by atoms with Crippen LogP contribution < -0.4 is 10.0 Å². The van der Waals surface area contributed by atoms with Crippen molar-refractivity contribution in [1.29, 1.82) is 0 Å². The van der Waals surface area contributed by atoms with E-state index in [1.807, 2.05) is 60.7 Å². The summed E-state index contributed by atoms with van der Waals surface area (Å²) in [5.74, 6) is -0.948. The molecule has 1 atom stereocenters. The predicted octanol–water partition coefficient (Wildman–Crippen LogP) is 5.33. The molecular weight excluding hydrogens is 577 g/mol. The van der Waals surface area contributed by atoms with Crippen molar-refractivity contribution in [3.63, 3.8) is 0 Å². The summed E-state index contributed by atoms with van der Waals surface area (Å²) in [5.41, 5.74) is 3.24. The molecule has 0 aliphatic heterocycles. The predicted molar refractivity (Wildman–Crippen MR) is 167 cm³/mol. The van der Waals surface area contributed by atoms with Crippen LogP contribution in [-0.4, -0.2) is 37.7 Å². The fourth-order valence-electron chi connectivity index (χ4n) is 5.01. The van der Waals surface area contributed by atoms with Gasteiger partial charge in [0, 0.05) is 25.6 Å². The van der Waals surface area contributed by atoms with E-state index < -0.39 is 16.1 Å². The summed E-state index contributed by atoms with van der Waals surface area (Å²) in [4.78, 5) is 29.4. The zero-order chi connectivity index (χ0) is 30.9. The Hall–Kier alpha value is -4.34. The molecule has 228 valence electrons. The average molecular weight is 614 g/mol. The minimum absolute atomic E-state index is 0.0116. The van der Waals surface area contributed by atoms with Crippen LogP contribution in [0.5, 0.6) is 0 Å². The Bertz CT molecular complexity index is 1640. The van der Waals surface area contributed by atoms with E-state index in [1.165, 1.54) is 12.1 Å². The van der Waals surface area contributed by atoms with Gasteiger partial charge in [-0.25, -0.2) is 17.5 Å². The van der Waals surface area contributed by atoms with E-state index in [-0.39, 0.29) is 41.5 Å². The first-order valence-electron chi connectivity index (χ1n) is 14.8. The number of nitrogens with zero attached hydrogens (tertiary/aromatic N) is 1. The second kappa shape index (κ2) is 14.4. The van der Waals surface area contributed by atoms with Crippen molar-refractivity contribution in [2.45, 2.75) is 55.6 Å². The van der Waals surface area contributed by atoms with Crippen LogP contribution in [0.15, 0.2) is 114 Å². The zero-order valence-electron chi connectivity index (χ0n) is 24.4. The van der Waals surface area contributed by atoms with Gasteiger partial charge in [0.2, 0.25) is 21.8 Å². The van der Waals surface area contributed by atoms with Crippen molar-refractivity contribution in [3.05, 3.63) is 137 Å². The standard InChI is InChI=1S/C35H36FN3O4S/c36-30-16-11-28(12-17-30)25-39(33(40)22-15-27-13-20-32(21-14-27)44(42,43)38-31-18-19-31)34(29-9-5-2-6-10-29)35(41)37-24-23-26-7-3-1-4-8-26/h1-14,16-17,20-21,31,34,38H,15,18-19,22-25H2,(H,37,41)/t34-/m0/s1. The van der Waals surface area contributed by atoms with Crippen LogP contribution in [0.2, 0.25) is 0 Å². The molecule has 1 saturated carbocycles. The first-order chi connectivity index (χ1) is 21.3. The maximum Gasteiger partial charge on any atom is 0.247 e. The molecule has 0 bridgehead atoms. The minimum Gasteiger partial charge on any atom is -0.354 e. The third kappa shape index (κ3) is 8.61. The van der Waals surface area contributed by atoms with E-state index >= 15 is 0 Å². The molecule has 1 aliphatic carbocycles. The summed E-state index contributed by atoms with van der Waals surface area (Å²) >= 11 is 0. The molecule has 0 spiro atoms. The molecule has 4 aromatic rings. The zero-order valence-corrected chi connectivity index (χ0v) is 25.2. The van der Waals surface area contributed by atoms with Crippen LogP contribution in [-0.2, 0) is 39.0 Å². The number of sulfonamides is 1. The van der Waals surface area contributed by atoms with Gasteiger partial charge in [-0.15, -0.1) is 0 Å². The average Bonchev–Trinajstić information content (AvgIpc) is 3.85. The second-order valence-corrected chi connectivity index (χ2v) is 12.7. The lowest BCUT2D eigenvalue weighted by Crippen LogP contribution is -2.44. The van der Waals surface area contributed by atoms with Gasteiger partial charge >= 0.3 is 0 Å². The minimum atomic E-state index is -3.57. The lowest BCUT2D eigenvalue weighted by Gasteiger charge is -2.32. The summed E-state index contributed by atoms with van der Waals surface area (Å²) < 4.78 is 41.5. The quantitative estimate of drug-likeness (QED) is 0.201. The smallest absolute Gasteiger partial charge is 0.247 e. The summed E-state index contributed by atoms with van der Waals surface area (Å²) in [6.45, 7) is 0.504. The number of carbonyl (C=O) groups is 2. The number of benzene rings is 4. The van der Waals surface area contributed by atoms with Gasteiger partial charge < -0.3 is 10.2 Å². The Morgan fingerprint density at radius 3 is 2.00 bits per heavy atom. The van der Waals surface area contributed by atoms with E-state index in [4.69, 9.17) is 0 Å². The van der Waals surface area contributed by atoms with Gasteiger partial charge in [0.25, 0.3) is 0 Å². The lowest BCUT2D eigenvalue weighted by molar-refractivity contribution is -0.141. The van der Waals surface area contributed by atoms with E-state index in [9.17, 15) is 22.4 Å². The largest absolute Gasteiger partial charge is 0.354 e. The number of hydrogen-bond donors (Lipinski definition) is 2. The fourth-order valence-corrected chi connectivity index (χ4v) is 6.31. The second-order valence-electron chi connectivity index (χ2n) is 11.0.